The summed E-state index contributed by atoms with van der Waals surface area (Å²) in [7, 11) is 3.83. The summed E-state index contributed by atoms with van der Waals surface area (Å²) in [4.78, 5) is 10.4. The number of hydrogen-bond donors (Lipinski definition) is 1. The molecule has 1 unspecified atom stereocenters. The third-order valence-corrected chi connectivity index (χ3v) is 2.44. The summed E-state index contributed by atoms with van der Waals surface area (Å²) in [5, 5.41) is 3.23. The zero-order valence-corrected chi connectivity index (χ0v) is 10.2. The molecule has 6 nitrogen and oxygen atoms in total. The highest BCUT2D eigenvalue weighted by Crippen LogP contribution is 2.09. The third-order valence-electron chi connectivity index (χ3n) is 2.44. The number of hydrogen-bond acceptors (Lipinski definition) is 6. The molecule has 1 aliphatic rings. The standard InChI is InChI=1S/C11H18N4O2/c1-15(2)11-12-4-3-10(14-11)13-7-9-8-16-5-6-17-9/h3-4,9H,5-8H2,1-2H3,(H,12,13,14). The molecule has 0 aliphatic carbocycles. The predicted octanol–water partition coefficient (Wildman–Crippen LogP) is 0.370. The molecule has 1 aromatic heterocycles. The Kier molecular flexibility index (Phi) is 4.11. The summed E-state index contributed by atoms with van der Waals surface area (Å²) in [5.74, 6) is 1.49. The highest BCUT2D eigenvalue weighted by atomic mass is 16.6. The van der Waals surface area contributed by atoms with E-state index in [1.807, 2.05) is 25.1 Å². The second-order valence-corrected chi connectivity index (χ2v) is 4.08. The van der Waals surface area contributed by atoms with Gasteiger partial charge in [-0.15, -0.1) is 0 Å². The first-order valence-electron chi connectivity index (χ1n) is 5.69. The number of anilines is 2. The maximum Gasteiger partial charge on any atom is 0.226 e. The minimum absolute atomic E-state index is 0.0986. The Labute approximate surface area is 101 Å². The van der Waals surface area contributed by atoms with E-state index in [1.165, 1.54) is 0 Å². The van der Waals surface area contributed by atoms with Crippen LogP contribution in [0.5, 0.6) is 0 Å². The van der Waals surface area contributed by atoms with Crippen molar-refractivity contribution in [3.8, 4) is 0 Å². The molecule has 1 saturated heterocycles. The van der Waals surface area contributed by atoms with Crippen LogP contribution in [0.1, 0.15) is 0 Å². The van der Waals surface area contributed by atoms with Gasteiger partial charge >= 0.3 is 0 Å². The Bertz CT molecular complexity index is 353. The Hall–Kier alpha value is -1.40. The molecular formula is C11H18N4O2. The SMILES string of the molecule is CN(C)c1nccc(NCC2COCCO2)n1. The molecule has 17 heavy (non-hydrogen) atoms. The highest BCUT2D eigenvalue weighted by Gasteiger charge is 2.14. The van der Waals surface area contributed by atoms with Crippen molar-refractivity contribution in [2.45, 2.75) is 6.10 Å². The van der Waals surface area contributed by atoms with E-state index in [9.17, 15) is 0 Å². The molecule has 0 amide bonds. The molecular weight excluding hydrogens is 220 g/mol. The zero-order valence-electron chi connectivity index (χ0n) is 10.2. The first kappa shape index (κ1) is 12.1. The Balaban J connectivity index is 1.87. The first-order chi connectivity index (χ1) is 8.25. The first-order valence-corrected chi connectivity index (χ1v) is 5.69. The zero-order chi connectivity index (χ0) is 12.1. The van der Waals surface area contributed by atoms with Gasteiger partial charge in [-0.1, -0.05) is 0 Å². The summed E-state index contributed by atoms with van der Waals surface area (Å²) in [6.07, 6.45) is 1.84. The van der Waals surface area contributed by atoms with Gasteiger partial charge in [-0.3, -0.25) is 0 Å². The monoisotopic (exact) mass is 238 g/mol. The van der Waals surface area contributed by atoms with E-state index in [0.717, 1.165) is 5.82 Å². The van der Waals surface area contributed by atoms with Gasteiger partial charge in [0.05, 0.1) is 25.9 Å². The molecule has 1 atom stereocenters. The van der Waals surface area contributed by atoms with E-state index in [1.54, 1.807) is 6.20 Å². The average molecular weight is 238 g/mol. The van der Waals surface area contributed by atoms with Gasteiger partial charge in [-0.05, 0) is 6.07 Å². The Morgan fingerprint density at radius 1 is 1.47 bits per heavy atom. The van der Waals surface area contributed by atoms with Gasteiger partial charge in [0.1, 0.15) is 5.82 Å². The Morgan fingerprint density at radius 2 is 2.35 bits per heavy atom. The lowest BCUT2D eigenvalue weighted by molar-refractivity contribution is -0.0819. The van der Waals surface area contributed by atoms with Gasteiger partial charge in [-0.25, -0.2) is 4.98 Å². The summed E-state index contributed by atoms with van der Waals surface area (Å²) in [5.41, 5.74) is 0. The number of ether oxygens (including phenoxy) is 2. The summed E-state index contributed by atoms with van der Waals surface area (Å²) in [6.45, 7) is 2.69. The number of aromatic nitrogens is 2. The van der Waals surface area contributed by atoms with Crippen LogP contribution in [0.15, 0.2) is 12.3 Å². The molecule has 1 aromatic rings. The second-order valence-electron chi connectivity index (χ2n) is 4.08. The number of rotatable bonds is 4. The van der Waals surface area contributed by atoms with Gasteiger partial charge in [-0.2, -0.15) is 4.98 Å². The molecule has 0 aromatic carbocycles. The topological polar surface area (TPSA) is 59.5 Å². The fraction of sp³-hybridized carbons (Fsp3) is 0.636. The van der Waals surface area contributed by atoms with Gasteiger partial charge in [0.2, 0.25) is 5.95 Å². The van der Waals surface area contributed by atoms with Crippen LogP contribution in [-0.4, -0.2) is 56.5 Å². The van der Waals surface area contributed by atoms with Gasteiger partial charge in [0.25, 0.3) is 0 Å². The predicted molar refractivity (Wildman–Crippen MR) is 65.4 cm³/mol. The molecule has 0 bridgehead atoms. The molecule has 0 spiro atoms. The highest BCUT2D eigenvalue weighted by molar-refractivity contribution is 5.40. The number of nitrogens with zero attached hydrogens (tertiary/aromatic N) is 3. The van der Waals surface area contributed by atoms with E-state index in [-0.39, 0.29) is 6.10 Å². The molecule has 0 radical (unpaired) electrons. The maximum absolute atomic E-state index is 5.54. The van der Waals surface area contributed by atoms with Crippen LogP contribution in [0.2, 0.25) is 0 Å². The van der Waals surface area contributed by atoms with E-state index in [0.29, 0.717) is 32.3 Å². The summed E-state index contributed by atoms with van der Waals surface area (Å²) < 4.78 is 10.9. The third kappa shape index (κ3) is 3.54. The van der Waals surface area contributed by atoms with Crippen LogP contribution in [0.4, 0.5) is 11.8 Å². The van der Waals surface area contributed by atoms with Crippen molar-refractivity contribution in [1.82, 2.24) is 9.97 Å². The lowest BCUT2D eigenvalue weighted by Crippen LogP contribution is -2.34. The van der Waals surface area contributed by atoms with Gasteiger partial charge in [0.15, 0.2) is 0 Å². The lowest BCUT2D eigenvalue weighted by Gasteiger charge is -2.23. The average Bonchev–Trinajstić information content (AvgIpc) is 2.38. The van der Waals surface area contributed by atoms with Crippen molar-refractivity contribution >= 4 is 11.8 Å². The second kappa shape index (κ2) is 5.79. The van der Waals surface area contributed by atoms with E-state index < -0.39 is 0 Å². The molecule has 0 saturated carbocycles. The van der Waals surface area contributed by atoms with Crippen molar-refractivity contribution in [1.29, 1.82) is 0 Å². The normalized spacial score (nSPS) is 20.0. The number of nitrogens with one attached hydrogen (secondary N) is 1. The summed E-state index contributed by atoms with van der Waals surface area (Å²) >= 11 is 0. The van der Waals surface area contributed by atoms with E-state index in [2.05, 4.69) is 15.3 Å². The summed E-state index contributed by atoms with van der Waals surface area (Å²) in [6, 6.07) is 1.84. The molecule has 1 fully saturated rings. The van der Waals surface area contributed by atoms with Crippen LogP contribution in [-0.2, 0) is 9.47 Å². The van der Waals surface area contributed by atoms with Gasteiger partial charge in [0, 0.05) is 26.8 Å². The van der Waals surface area contributed by atoms with Crippen molar-refractivity contribution in [3.63, 3.8) is 0 Å². The molecule has 1 N–H and O–H groups in total. The smallest absolute Gasteiger partial charge is 0.226 e. The van der Waals surface area contributed by atoms with E-state index >= 15 is 0 Å². The van der Waals surface area contributed by atoms with Crippen molar-refractivity contribution < 1.29 is 9.47 Å². The molecule has 94 valence electrons. The van der Waals surface area contributed by atoms with Crippen molar-refractivity contribution in [2.24, 2.45) is 0 Å². The van der Waals surface area contributed by atoms with Crippen LogP contribution in [0.3, 0.4) is 0 Å². The van der Waals surface area contributed by atoms with E-state index in [4.69, 9.17) is 9.47 Å². The largest absolute Gasteiger partial charge is 0.376 e. The van der Waals surface area contributed by atoms with Crippen LogP contribution >= 0.6 is 0 Å². The van der Waals surface area contributed by atoms with Gasteiger partial charge < -0.3 is 19.7 Å². The quantitative estimate of drug-likeness (QED) is 0.818. The fourth-order valence-corrected chi connectivity index (χ4v) is 1.54. The maximum atomic E-state index is 5.54. The minimum Gasteiger partial charge on any atom is -0.376 e. The van der Waals surface area contributed by atoms with Crippen LogP contribution in [0, 0.1) is 0 Å². The molecule has 1 aliphatic heterocycles. The lowest BCUT2D eigenvalue weighted by atomic mass is 10.3. The van der Waals surface area contributed by atoms with Crippen molar-refractivity contribution in [2.75, 3.05) is 50.7 Å². The minimum atomic E-state index is 0.0986. The Morgan fingerprint density at radius 3 is 3.06 bits per heavy atom. The van der Waals surface area contributed by atoms with Crippen LogP contribution in [0.25, 0.3) is 0 Å². The fourth-order valence-electron chi connectivity index (χ4n) is 1.54. The van der Waals surface area contributed by atoms with Crippen molar-refractivity contribution in [3.05, 3.63) is 12.3 Å². The molecule has 2 heterocycles. The van der Waals surface area contributed by atoms with Crippen LogP contribution < -0.4 is 10.2 Å². The molecule has 2 rings (SSSR count). The molecule has 6 heteroatoms.